The van der Waals surface area contributed by atoms with Gasteiger partial charge in [-0.15, -0.1) is 22.7 Å². The van der Waals surface area contributed by atoms with E-state index in [0.29, 0.717) is 12.6 Å². The van der Waals surface area contributed by atoms with E-state index in [-0.39, 0.29) is 11.9 Å². The van der Waals surface area contributed by atoms with Crippen LogP contribution in [0.3, 0.4) is 0 Å². The van der Waals surface area contributed by atoms with Gasteiger partial charge in [0, 0.05) is 18.0 Å². The van der Waals surface area contributed by atoms with Crippen LogP contribution in [0.2, 0.25) is 0 Å². The third-order valence-corrected chi connectivity index (χ3v) is 7.40. The number of nitrogens with zero attached hydrogens (tertiary/aromatic N) is 3. The molecule has 1 aliphatic rings. The summed E-state index contributed by atoms with van der Waals surface area (Å²) in [5, 5.41) is 3.12. The molecule has 6 heteroatoms. The molecule has 0 unspecified atom stereocenters. The summed E-state index contributed by atoms with van der Waals surface area (Å²) in [5.41, 5.74) is 1.01. The van der Waals surface area contributed by atoms with Crippen LogP contribution in [-0.2, 0) is 4.79 Å². The normalized spacial score (nSPS) is 19.1. The van der Waals surface area contributed by atoms with Crippen molar-refractivity contribution in [3.63, 3.8) is 0 Å². The third-order valence-electron chi connectivity index (χ3n) is 5.22. The molecule has 0 spiro atoms. The summed E-state index contributed by atoms with van der Waals surface area (Å²) < 4.78 is 1.17. The number of hydrogen-bond donors (Lipinski definition) is 0. The lowest BCUT2D eigenvalue weighted by atomic mass is 10.2. The first-order chi connectivity index (χ1) is 12.6. The van der Waals surface area contributed by atoms with E-state index in [0.717, 1.165) is 29.9 Å². The number of carbonyl (C=O) groups excluding carboxylic acids is 1. The van der Waals surface area contributed by atoms with Crippen LogP contribution in [0.5, 0.6) is 0 Å². The van der Waals surface area contributed by atoms with E-state index in [1.165, 1.54) is 9.58 Å². The van der Waals surface area contributed by atoms with Gasteiger partial charge in [-0.2, -0.15) is 0 Å². The van der Waals surface area contributed by atoms with Crippen molar-refractivity contribution < 1.29 is 4.79 Å². The van der Waals surface area contributed by atoms with Crippen molar-refractivity contribution in [2.75, 3.05) is 20.1 Å². The van der Waals surface area contributed by atoms with Crippen molar-refractivity contribution in [2.24, 2.45) is 0 Å². The second-order valence-corrected chi connectivity index (χ2v) is 8.89. The molecule has 0 saturated carbocycles. The molecule has 3 aromatic rings. The molecule has 26 heavy (non-hydrogen) atoms. The fourth-order valence-corrected chi connectivity index (χ4v) is 5.51. The summed E-state index contributed by atoms with van der Waals surface area (Å²) in [6, 6.07) is 12.8. The summed E-state index contributed by atoms with van der Waals surface area (Å²) >= 11 is 3.47. The molecule has 136 valence electrons. The van der Waals surface area contributed by atoms with Crippen LogP contribution in [0.4, 0.5) is 0 Å². The molecule has 1 saturated heterocycles. The van der Waals surface area contributed by atoms with Crippen molar-refractivity contribution >= 4 is 38.8 Å². The van der Waals surface area contributed by atoms with Crippen molar-refractivity contribution in [3.8, 4) is 0 Å². The Morgan fingerprint density at radius 3 is 2.96 bits per heavy atom. The molecule has 0 N–H and O–H groups in total. The molecule has 0 aliphatic carbocycles. The van der Waals surface area contributed by atoms with E-state index in [4.69, 9.17) is 4.98 Å². The lowest BCUT2D eigenvalue weighted by Gasteiger charge is -2.28. The van der Waals surface area contributed by atoms with Gasteiger partial charge in [0.15, 0.2) is 0 Å². The Morgan fingerprint density at radius 2 is 2.19 bits per heavy atom. The molecule has 0 bridgehead atoms. The SMILES string of the molecule is C[C@@H](c1nc2ccccc2s1)N(C)C(=O)CN1CCC[C@@H]1c1cccs1. The van der Waals surface area contributed by atoms with Crippen molar-refractivity contribution in [1.82, 2.24) is 14.8 Å². The number of hydrogen-bond acceptors (Lipinski definition) is 5. The number of likely N-dealkylation sites (tertiary alicyclic amines) is 1. The first-order valence-corrected chi connectivity index (χ1v) is 10.7. The van der Waals surface area contributed by atoms with E-state index >= 15 is 0 Å². The summed E-state index contributed by atoms with van der Waals surface area (Å²) in [6.45, 7) is 3.54. The van der Waals surface area contributed by atoms with E-state index < -0.39 is 0 Å². The van der Waals surface area contributed by atoms with Crippen molar-refractivity contribution in [3.05, 3.63) is 51.7 Å². The number of rotatable bonds is 5. The zero-order valence-electron chi connectivity index (χ0n) is 15.1. The van der Waals surface area contributed by atoms with E-state index in [1.54, 1.807) is 22.7 Å². The number of likely N-dealkylation sites (N-methyl/N-ethyl adjacent to an activating group) is 1. The highest BCUT2D eigenvalue weighted by Crippen LogP contribution is 2.35. The van der Waals surface area contributed by atoms with Gasteiger partial charge in [-0.3, -0.25) is 9.69 Å². The maximum atomic E-state index is 12.9. The van der Waals surface area contributed by atoms with Gasteiger partial charge >= 0.3 is 0 Å². The lowest BCUT2D eigenvalue weighted by molar-refractivity contribution is -0.133. The first-order valence-electron chi connectivity index (χ1n) is 9.02. The molecular weight excluding hydrogens is 362 g/mol. The van der Waals surface area contributed by atoms with Crippen LogP contribution in [-0.4, -0.2) is 40.8 Å². The number of thiazole rings is 1. The summed E-state index contributed by atoms with van der Waals surface area (Å²) in [5.74, 6) is 0.167. The maximum Gasteiger partial charge on any atom is 0.237 e. The minimum absolute atomic E-state index is 0.0114. The molecule has 4 nitrogen and oxygen atoms in total. The highest BCUT2D eigenvalue weighted by molar-refractivity contribution is 7.18. The highest BCUT2D eigenvalue weighted by atomic mass is 32.1. The molecule has 1 aromatic carbocycles. The lowest BCUT2D eigenvalue weighted by Crippen LogP contribution is -2.39. The van der Waals surface area contributed by atoms with Crippen LogP contribution in [0, 0.1) is 0 Å². The van der Waals surface area contributed by atoms with Gasteiger partial charge in [0.2, 0.25) is 5.91 Å². The van der Waals surface area contributed by atoms with Gasteiger partial charge in [-0.05, 0) is 49.9 Å². The van der Waals surface area contributed by atoms with Gasteiger partial charge in [0.25, 0.3) is 0 Å². The molecular formula is C20H23N3OS2. The third kappa shape index (κ3) is 3.41. The Morgan fingerprint density at radius 1 is 1.35 bits per heavy atom. The number of amides is 1. The molecule has 4 rings (SSSR count). The van der Waals surface area contributed by atoms with Gasteiger partial charge in [-0.25, -0.2) is 4.98 Å². The maximum absolute atomic E-state index is 12.9. The van der Waals surface area contributed by atoms with Crippen molar-refractivity contribution in [1.29, 1.82) is 0 Å². The second-order valence-electron chi connectivity index (χ2n) is 6.84. The summed E-state index contributed by atoms with van der Waals surface area (Å²) in [4.78, 5) is 23.2. The zero-order valence-corrected chi connectivity index (χ0v) is 16.7. The smallest absolute Gasteiger partial charge is 0.237 e. The molecule has 2 atom stereocenters. The van der Waals surface area contributed by atoms with Crippen LogP contribution >= 0.6 is 22.7 Å². The largest absolute Gasteiger partial charge is 0.335 e. The number of para-hydroxylation sites is 1. The van der Waals surface area contributed by atoms with Gasteiger partial charge in [0.1, 0.15) is 5.01 Å². The average molecular weight is 386 g/mol. The minimum atomic E-state index is -0.0114. The monoisotopic (exact) mass is 385 g/mol. The number of benzene rings is 1. The standard InChI is InChI=1S/C20H23N3OS2/c1-14(20-21-15-7-3-4-9-17(15)26-20)22(2)19(24)13-23-11-5-8-16(23)18-10-6-12-25-18/h3-4,6-7,9-10,12,14,16H,5,8,11,13H2,1-2H3/t14-,16+/m0/s1. The van der Waals surface area contributed by atoms with Crippen molar-refractivity contribution in [2.45, 2.75) is 31.8 Å². The zero-order chi connectivity index (χ0) is 18.1. The first kappa shape index (κ1) is 17.6. The fourth-order valence-electron chi connectivity index (χ4n) is 3.55. The van der Waals surface area contributed by atoms with Crippen LogP contribution in [0.15, 0.2) is 41.8 Å². The fraction of sp³-hybridized carbons (Fsp3) is 0.400. The molecule has 2 aromatic heterocycles. The van der Waals surface area contributed by atoms with Crippen LogP contribution in [0.25, 0.3) is 10.2 Å². The predicted molar refractivity (Wildman–Crippen MR) is 109 cm³/mol. The summed E-state index contributed by atoms with van der Waals surface area (Å²) in [6.07, 6.45) is 2.30. The molecule has 1 fully saturated rings. The summed E-state index contributed by atoms with van der Waals surface area (Å²) in [7, 11) is 1.90. The number of thiophene rings is 1. The molecule has 1 amide bonds. The topological polar surface area (TPSA) is 36.4 Å². The number of aromatic nitrogens is 1. The molecule has 1 aliphatic heterocycles. The Hall–Kier alpha value is -1.76. The van der Waals surface area contributed by atoms with Gasteiger partial charge in [0.05, 0.1) is 22.8 Å². The van der Waals surface area contributed by atoms with E-state index in [2.05, 4.69) is 35.4 Å². The van der Waals surface area contributed by atoms with E-state index in [1.807, 2.05) is 30.1 Å². The van der Waals surface area contributed by atoms with Gasteiger partial charge < -0.3 is 4.90 Å². The quantitative estimate of drug-likeness (QED) is 0.638. The van der Waals surface area contributed by atoms with E-state index in [9.17, 15) is 4.79 Å². The molecule has 3 heterocycles. The Balaban J connectivity index is 1.45. The molecule has 0 radical (unpaired) electrons. The minimum Gasteiger partial charge on any atom is -0.335 e. The number of fused-ring (bicyclic) bond motifs is 1. The van der Waals surface area contributed by atoms with Crippen LogP contribution in [0.1, 0.15) is 41.7 Å². The second kappa shape index (κ2) is 7.47. The highest BCUT2D eigenvalue weighted by Gasteiger charge is 2.30. The average Bonchev–Trinajstić information content (AvgIpc) is 3.39. The Labute approximate surface area is 162 Å². The Kier molecular flexibility index (Phi) is 5.07. The van der Waals surface area contributed by atoms with Crippen LogP contribution < -0.4 is 0 Å². The Bertz CT molecular complexity index is 856. The number of carbonyl (C=O) groups is 1. The predicted octanol–water partition coefficient (Wildman–Crippen LogP) is 4.71. The van der Waals surface area contributed by atoms with Gasteiger partial charge in [-0.1, -0.05) is 18.2 Å².